The van der Waals surface area contributed by atoms with Gasteiger partial charge in [0.25, 0.3) is 5.91 Å². The number of carboxylic acid groups (broad SMARTS) is 1. The monoisotopic (exact) mass is 369 g/mol. The first kappa shape index (κ1) is 17.8. The number of rotatable bonds is 6. The minimum absolute atomic E-state index is 0.0226. The summed E-state index contributed by atoms with van der Waals surface area (Å²) >= 11 is 0. The highest BCUT2D eigenvalue weighted by atomic mass is 19.4. The molecule has 1 aliphatic carbocycles. The first-order chi connectivity index (χ1) is 12.2. The number of halogens is 3. The molecule has 6 nitrogen and oxygen atoms in total. The molecular weight excluding hydrogens is 355 g/mol. The maximum atomic E-state index is 12.5. The fourth-order valence-electron chi connectivity index (χ4n) is 2.44. The number of ether oxygens (including phenoxy) is 1. The number of carbonyl (C=O) groups excluding carboxylic acids is 1. The van der Waals surface area contributed by atoms with E-state index in [1.54, 1.807) is 0 Å². The van der Waals surface area contributed by atoms with Crippen molar-refractivity contribution in [2.45, 2.75) is 19.2 Å². The van der Waals surface area contributed by atoms with E-state index in [0.29, 0.717) is 12.8 Å². The van der Waals surface area contributed by atoms with Crippen LogP contribution in [0.15, 0.2) is 40.8 Å². The zero-order valence-corrected chi connectivity index (χ0v) is 13.3. The Morgan fingerprint density at radius 3 is 2.50 bits per heavy atom. The van der Waals surface area contributed by atoms with Gasteiger partial charge in [0.15, 0.2) is 5.76 Å². The largest absolute Gasteiger partial charge is 0.573 e. The highest BCUT2D eigenvalue weighted by Crippen LogP contribution is 2.45. The second-order valence-corrected chi connectivity index (χ2v) is 5.98. The minimum Gasteiger partial charge on any atom is -0.481 e. The summed E-state index contributed by atoms with van der Waals surface area (Å²) in [5.41, 5.74) is -0.897. The SMILES string of the molecule is O=C(NCC1(C(=O)O)CC1)c1ccc(-c2ccccc2OC(F)(F)F)o1. The summed E-state index contributed by atoms with van der Waals surface area (Å²) in [4.78, 5) is 23.2. The molecule has 1 aliphatic rings. The topological polar surface area (TPSA) is 88.8 Å². The second-order valence-electron chi connectivity index (χ2n) is 5.98. The van der Waals surface area contributed by atoms with Crippen LogP contribution in [0.3, 0.4) is 0 Å². The molecule has 9 heteroatoms. The number of hydrogen-bond acceptors (Lipinski definition) is 4. The number of furan rings is 1. The Kier molecular flexibility index (Phi) is 4.39. The van der Waals surface area contributed by atoms with Gasteiger partial charge in [0, 0.05) is 6.54 Å². The Morgan fingerprint density at radius 1 is 1.19 bits per heavy atom. The molecule has 2 aromatic rings. The van der Waals surface area contributed by atoms with Crippen molar-refractivity contribution in [1.82, 2.24) is 5.32 Å². The van der Waals surface area contributed by atoms with E-state index in [4.69, 9.17) is 9.52 Å². The lowest BCUT2D eigenvalue weighted by Crippen LogP contribution is -2.34. The van der Waals surface area contributed by atoms with Crippen LogP contribution in [0.5, 0.6) is 5.75 Å². The summed E-state index contributed by atoms with van der Waals surface area (Å²) < 4.78 is 46.8. The minimum atomic E-state index is -4.86. The van der Waals surface area contributed by atoms with Gasteiger partial charge in [-0.15, -0.1) is 13.2 Å². The Hall–Kier alpha value is -2.97. The lowest BCUT2D eigenvalue weighted by molar-refractivity contribution is -0.274. The van der Waals surface area contributed by atoms with Crippen molar-refractivity contribution in [1.29, 1.82) is 0 Å². The highest BCUT2D eigenvalue weighted by Gasteiger charge is 2.50. The predicted octanol–water partition coefficient (Wildman–Crippen LogP) is 3.44. The van der Waals surface area contributed by atoms with Crippen LogP contribution in [0.4, 0.5) is 13.2 Å². The molecule has 0 radical (unpaired) electrons. The molecule has 1 saturated carbocycles. The van der Waals surface area contributed by atoms with E-state index in [-0.39, 0.29) is 23.6 Å². The molecule has 0 unspecified atom stereocenters. The third-order valence-electron chi connectivity index (χ3n) is 4.10. The summed E-state index contributed by atoms with van der Waals surface area (Å²) in [6.07, 6.45) is -3.90. The lowest BCUT2D eigenvalue weighted by Gasteiger charge is -2.12. The van der Waals surface area contributed by atoms with E-state index in [2.05, 4.69) is 10.1 Å². The second kappa shape index (κ2) is 6.40. The Balaban J connectivity index is 1.74. The van der Waals surface area contributed by atoms with Gasteiger partial charge in [0.2, 0.25) is 0 Å². The number of amides is 1. The van der Waals surface area contributed by atoms with Crippen molar-refractivity contribution < 1.29 is 37.0 Å². The van der Waals surface area contributed by atoms with Gasteiger partial charge in [-0.3, -0.25) is 9.59 Å². The molecule has 0 aliphatic heterocycles. The standard InChI is InChI=1S/C17H14F3NO5/c18-17(19,20)26-12-4-2-1-3-10(12)11-5-6-13(25-11)14(22)21-9-16(7-8-16)15(23)24/h1-6H,7-9H2,(H,21,22)(H,23,24). The molecule has 2 N–H and O–H groups in total. The Morgan fingerprint density at radius 2 is 1.88 bits per heavy atom. The van der Waals surface area contributed by atoms with E-state index in [1.165, 1.54) is 30.3 Å². The smallest absolute Gasteiger partial charge is 0.481 e. The van der Waals surface area contributed by atoms with Crippen LogP contribution in [-0.2, 0) is 4.79 Å². The van der Waals surface area contributed by atoms with Crippen LogP contribution < -0.4 is 10.1 Å². The van der Waals surface area contributed by atoms with E-state index in [1.807, 2.05) is 0 Å². The van der Waals surface area contributed by atoms with Gasteiger partial charge in [-0.1, -0.05) is 12.1 Å². The lowest BCUT2D eigenvalue weighted by atomic mass is 10.1. The normalized spacial score (nSPS) is 15.3. The van der Waals surface area contributed by atoms with Crippen LogP contribution >= 0.6 is 0 Å². The van der Waals surface area contributed by atoms with Crippen molar-refractivity contribution >= 4 is 11.9 Å². The van der Waals surface area contributed by atoms with Gasteiger partial charge in [-0.05, 0) is 37.1 Å². The van der Waals surface area contributed by atoms with Crippen LogP contribution in [0, 0.1) is 5.41 Å². The highest BCUT2D eigenvalue weighted by molar-refractivity contribution is 5.92. The molecule has 1 fully saturated rings. The zero-order valence-electron chi connectivity index (χ0n) is 13.3. The average molecular weight is 369 g/mol. The fourth-order valence-corrected chi connectivity index (χ4v) is 2.44. The maximum Gasteiger partial charge on any atom is 0.573 e. The zero-order chi connectivity index (χ0) is 18.9. The number of carbonyl (C=O) groups is 2. The van der Waals surface area contributed by atoms with Gasteiger partial charge in [0.1, 0.15) is 11.5 Å². The van der Waals surface area contributed by atoms with Gasteiger partial charge in [-0.2, -0.15) is 0 Å². The molecule has 0 saturated heterocycles. The Bertz CT molecular complexity index is 839. The third-order valence-corrected chi connectivity index (χ3v) is 4.10. The molecule has 138 valence electrons. The number of aliphatic carboxylic acids is 1. The number of para-hydroxylation sites is 1. The van der Waals surface area contributed by atoms with Crippen molar-refractivity contribution in [3.8, 4) is 17.1 Å². The molecule has 1 aromatic carbocycles. The fraction of sp³-hybridized carbons (Fsp3) is 0.294. The number of alkyl halides is 3. The van der Waals surface area contributed by atoms with E-state index < -0.39 is 29.4 Å². The molecular formula is C17H14F3NO5. The molecule has 1 amide bonds. The Labute approximate surface area is 145 Å². The summed E-state index contributed by atoms with van der Waals surface area (Å²) in [6.45, 7) is -0.0367. The summed E-state index contributed by atoms with van der Waals surface area (Å²) in [6, 6.07) is 8.03. The van der Waals surface area contributed by atoms with Gasteiger partial charge in [0.05, 0.1) is 11.0 Å². The molecule has 0 spiro atoms. The number of nitrogens with one attached hydrogen (secondary N) is 1. The van der Waals surface area contributed by atoms with Crippen LogP contribution in [-0.4, -0.2) is 29.9 Å². The number of benzene rings is 1. The molecule has 3 rings (SSSR count). The van der Waals surface area contributed by atoms with Crippen LogP contribution in [0.1, 0.15) is 23.4 Å². The maximum absolute atomic E-state index is 12.5. The van der Waals surface area contributed by atoms with Crippen molar-refractivity contribution in [2.75, 3.05) is 6.54 Å². The molecule has 26 heavy (non-hydrogen) atoms. The average Bonchev–Trinajstić information content (AvgIpc) is 3.21. The first-order valence-corrected chi connectivity index (χ1v) is 7.67. The summed E-state index contributed by atoms with van der Waals surface area (Å²) in [7, 11) is 0. The van der Waals surface area contributed by atoms with Gasteiger partial charge >= 0.3 is 12.3 Å². The molecule has 1 aromatic heterocycles. The van der Waals surface area contributed by atoms with E-state index in [9.17, 15) is 22.8 Å². The first-order valence-electron chi connectivity index (χ1n) is 7.67. The van der Waals surface area contributed by atoms with Crippen LogP contribution in [0.25, 0.3) is 11.3 Å². The van der Waals surface area contributed by atoms with Crippen molar-refractivity contribution in [2.24, 2.45) is 5.41 Å². The quantitative estimate of drug-likeness (QED) is 0.814. The summed E-state index contributed by atoms with van der Waals surface area (Å²) in [5.74, 6) is -2.18. The van der Waals surface area contributed by atoms with E-state index in [0.717, 1.165) is 6.07 Å². The number of hydrogen-bond donors (Lipinski definition) is 2. The molecule has 0 bridgehead atoms. The molecule has 1 heterocycles. The summed E-state index contributed by atoms with van der Waals surface area (Å²) in [5, 5.41) is 11.6. The van der Waals surface area contributed by atoms with Gasteiger partial charge < -0.3 is 19.6 Å². The molecule has 0 atom stereocenters. The van der Waals surface area contributed by atoms with E-state index >= 15 is 0 Å². The van der Waals surface area contributed by atoms with Gasteiger partial charge in [-0.25, -0.2) is 0 Å². The van der Waals surface area contributed by atoms with Crippen molar-refractivity contribution in [3.05, 3.63) is 42.2 Å². The van der Waals surface area contributed by atoms with Crippen molar-refractivity contribution in [3.63, 3.8) is 0 Å². The third kappa shape index (κ3) is 3.81. The predicted molar refractivity (Wildman–Crippen MR) is 82.5 cm³/mol. The number of carboxylic acids is 1. The van der Waals surface area contributed by atoms with Crippen LogP contribution in [0.2, 0.25) is 0 Å².